The van der Waals surface area contributed by atoms with Crippen LogP contribution in [0.3, 0.4) is 0 Å². The van der Waals surface area contributed by atoms with Gasteiger partial charge in [-0.05, 0) is 18.5 Å². The molecule has 0 aliphatic heterocycles. The number of aliphatic hydroxyl groups excluding tert-OH is 1. The van der Waals surface area contributed by atoms with Gasteiger partial charge < -0.3 is 5.11 Å². The lowest BCUT2D eigenvalue weighted by Gasteiger charge is -1.97. The van der Waals surface area contributed by atoms with Crippen LogP contribution in [0.5, 0.6) is 0 Å². The van der Waals surface area contributed by atoms with Crippen molar-refractivity contribution in [1.29, 1.82) is 0 Å². The predicted molar refractivity (Wildman–Crippen MR) is 37.8 cm³/mol. The van der Waals surface area contributed by atoms with Crippen molar-refractivity contribution in [3.8, 4) is 0 Å². The van der Waals surface area contributed by atoms with E-state index in [1.807, 2.05) is 0 Å². The molecule has 0 saturated heterocycles. The summed E-state index contributed by atoms with van der Waals surface area (Å²) in [4.78, 5) is 0. The van der Waals surface area contributed by atoms with Crippen LogP contribution >= 0.6 is 23.1 Å². The Morgan fingerprint density at radius 2 is 2.56 bits per heavy atom. The molecule has 4 heteroatoms. The van der Waals surface area contributed by atoms with Gasteiger partial charge in [0.2, 0.25) is 0 Å². The maximum absolute atomic E-state index is 8.98. The summed E-state index contributed by atoms with van der Waals surface area (Å²) in [5.41, 5.74) is 0.710. The van der Waals surface area contributed by atoms with E-state index in [9.17, 15) is 0 Å². The topological polar surface area (TPSA) is 33.1 Å². The summed E-state index contributed by atoms with van der Waals surface area (Å²) in [5.74, 6) is 0. The molecule has 1 rings (SSSR count). The van der Waals surface area contributed by atoms with Gasteiger partial charge >= 0.3 is 0 Å². The Hall–Kier alpha value is -0.120. The third-order valence-corrected chi connectivity index (χ3v) is 2.03. The molecule has 0 aromatic carbocycles. The maximum Gasteiger partial charge on any atom is 0.119 e. The Morgan fingerprint density at radius 1 is 1.89 bits per heavy atom. The molecule has 0 aliphatic rings. The summed E-state index contributed by atoms with van der Waals surface area (Å²) in [6, 6.07) is 0. The van der Waals surface area contributed by atoms with Gasteiger partial charge in [-0.15, -0.1) is 0 Å². The van der Waals surface area contributed by atoms with Crippen molar-refractivity contribution < 1.29 is 5.11 Å². The van der Waals surface area contributed by atoms with Crippen LogP contribution in [-0.2, 0) is 0 Å². The highest BCUT2D eigenvalue weighted by Crippen LogP contribution is 2.25. The van der Waals surface area contributed by atoms with Crippen LogP contribution in [0.25, 0.3) is 0 Å². The van der Waals surface area contributed by atoms with Gasteiger partial charge in [0.05, 0.1) is 6.10 Å². The third kappa shape index (κ3) is 1.41. The SMILES string of the molecule is C[C@@H](O)c1cnsc1Cl. The molecule has 1 heterocycles. The van der Waals surface area contributed by atoms with Gasteiger partial charge in [0, 0.05) is 11.8 Å². The molecule has 0 fully saturated rings. The molecule has 0 spiro atoms. The van der Waals surface area contributed by atoms with Crippen LogP contribution in [0.15, 0.2) is 6.20 Å². The predicted octanol–water partition coefficient (Wildman–Crippen LogP) is 1.85. The van der Waals surface area contributed by atoms with Gasteiger partial charge in [-0.3, -0.25) is 0 Å². The Bertz CT molecular complexity index is 199. The molecule has 0 radical (unpaired) electrons. The van der Waals surface area contributed by atoms with Crippen LogP contribution < -0.4 is 0 Å². The van der Waals surface area contributed by atoms with Crippen LogP contribution in [-0.4, -0.2) is 9.48 Å². The van der Waals surface area contributed by atoms with E-state index in [2.05, 4.69) is 4.37 Å². The first kappa shape index (κ1) is 6.99. The monoisotopic (exact) mass is 163 g/mol. The summed E-state index contributed by atoms with van der Waals surface area (Å²) in [6.07, 6.45) is 1.08. The van der Waals surface area contributed by atoms with Crippen LogP contribution in [0, 0.1) is 0 Å². The second-order valence-corrected chi connectivity index (χ2v) is 3.13. The van der Waals surface area contributed by atoms with Gasteiger partial charge in [0.25, 0.3) is 0 Å². The average molecular weight is 164 g/mol. The van der Waals surface area contributed by atoms with Gasteiger partial charge in [0.1, 0.15) is 4.34 Å². The molecule has 1 aromatic rings. The third-order valence-electron chi connectivity index (χ3n) is 1.00. The molecule has 1 atom stereocenters. The van der Waals surface area contributed by atoms with Crippen LogP contribution in [0.1, 0.15) is 18.6 Å². The molecule has 0 saturated carbocycles. The Balaban J connectivity index is 2.94. The lowest BCUT2D eigenvalue weighted by Crippen LogP contribution is -1.86. The Labute approximate surface area is 62.3 Å². The van der Waals surface area contributed by atoms with Gasteiger partial charge in [0.15, 0.2) is 0 Å². The van der Waals surface area contributed by atoms with Crippen molar-refractivity contribution in [3.63, 3.8) is 0 Å². The molecule has 0 amide bonds. The number of nitrogens with zero attached hydrogens (tertiary/aromatic N) is 1. The number of rotatable bonds is 1. The van der Waals surface area contributed by atoms with Crippen molar-refractivity contribution in [2.24, 2.45) is 0 Å². The molecule has 0 aliphatic carbocycles. The van der Waals surface area contributed by atoms with E-state index in [0.29, 0.717) is 9.90 Å². The highest BCUT2D eigenvalue weighted by atomic mass is 35.5. The van der Waals surface area contributed by atoms with E-state index in [-0.39, 0.29) is 0 Å². The average Bonchev–Trinajstić information content (AvgIpc) is 2.13. The lowest BCUT2D eigenvalue weighted by atomic mass is 10.2. The maximum atomic E-state index is 8.98. The molecular weight excluding hydrogens is 158 g/mol. The largest absolute Gasteiger partial charge is 0.389 e. The highest BCUT2D eigenvalue weighted by Gasteiger charge is 2.06. The van der Waals surface area contributed by atoms with Gasteiger partial charge in [-0.1, -0.05) is 11.6 Å². The molecule has 0 unspecified atom stereocenters. The van der Waals surface area contributed by atoms with E-state index in [0.717, 1.165) is 0 Å². The van der Waals surface area contributed by atoms with Crippen molar-refractivity contribution in [2.75, 3.05) is 0 Å². The van der Waals surface area contributed by atoms with E-state index in [4.69, 9.17) is 16.7 Å². The van der Waals surface area contributed by atoms with Crippen LogP contribution in [0.4, 0.5) is 0 Å². The first-order chi connectivity index (χ1) is 4.22. The Kier molecular flexibility index (Phi) is 2.05. The Morgan fingerprint density at radius 3 is 2.78 bits per heavy atom. The zero-order chi connectivity index (χ0) is 6.85. The summed E-state index contributed by atoms with van der Waals surface area (Å²) in [5, 5.41) is 8.98. The molecular formula is C5H6ClNOS. The molecule has 2 nitrogen and oxygen atoms in total. The standard InChI is InChI=1S/C5H6ClNOS/c1-3(8)4-2-7-9-5(4)6/h2-3,8H,1H3/t3-/m1/s1. The molecule has 50 valence electrons. The van der Waals surface area contributed by atoms with E-state index in [1.165, 1.54) is 11.5 Å². The number of halogens is 1. The zero-order valence-electron chi connectivity index (χ0n) is 4.84. The second-order valence-electron chi connectivity index (χ2n) is 1.73. The zero-order valence-corrected chi connectivity index (χ0v) is 6.41. The quantitative estimate of drug-likeness (QED) is 0.686. The summed E-state index contributed by atoms with van der Waals surface area (Å²) >= 11 is 6.82. The van der Waals surface area contributed by atoms with E-state index in [1.54, 1.807) is 13.1 Å². The summed E-state index contributed by atoms with van der Waals surface area (Å²) in [7, 11) is 0. The number of aromatic nitrogens is 1. The fourth-order valence-corrected chi connectivity index (χ4v) is 1.42. The lowest BCUT2D eigenvalue weighted by molar-refractivity contribution is 0.199. The summed E-state index contributed by atoms with van der Waals surface area (Å²) in [6.45, 7) is 1.66. The van der Waals surface area contributed by atoms with E-state index >= 15 is 0 Å². The van der Waals surface area contributed by atoms with Crippen molar-refractivity contribution in [1.82, 2.24) is 4.37 Å². The summed E-state index contributed by atoms with van der Waals surface area (Å²) < 4.78 is 4.37. The van der Waals surface area contributed by atoms with Crippen molar-refractivity contribution in [2.45, 2.75) is 13.0 Å². The highest BCUT2D eigenvalue weighted by molar-refractivity contribution is 7.10. The van der Waals surface area contributed by atoms with Crippen molar-refractivity contribution >= 4 is 23.1 Å². The first-order valence-electron chi connectivity index (χ1n) is 2.50. The van der Waals surface area contributed by atoms with E-state index < -0.39 is 6.10 Å². The minimum Gasteiger partial charge on any atom is -0.389 e. The molecule has 1 N–H and O–H groups in total. The van der Waals surface area contributed by atoms with Crippen molar-refractivity contribution in [3.05, 3.63) is 16.1 Å². The minimum atomic E-state index is -0.503. The molecule has 1 aromatic heterocycles. The fourth-order valence-electron chi connectivity index (χ4n) is 0.505. The molecule has 0 bridgehead atoms. The van der Waals surface area contributed by atoms with Crippen LogP contribution in [0.2, 0.25) is 4.34 Å². The smallest absolute Gasteiger partial charge is 0.119 e. The number of hydrogen-bond donors (Lipinski definition) is 1. The first-order valence-corrected chi connectivity index (χ1v) is 3.65. The fraction of sp³-hybridized carbons (Fsp3) is 0.400. The normalized spacial score (nSPS) is 13.7. The minimum absolute atomic E-state index is 0.503. The number of aliphatic hydroxyl groups is 1. The van der Waals surface area contributed by atoms with Gasteiger partial charge in [-0.2, -0.15) is 4.37 Å². The second kappa shape index (κ2) is 2.64. The number of hydrogen-bond acceptors (Lipinski definition) is 3. The van der Waals surface area contributed by atoms with Gasteiger partial charge in [-0.25, -0.2) is 0 Å². The molecule has 9 heavy (non-hydrogen) atoms.